The molecule has 6 nitrogen and oxygen atoms in total. The Balaban J connectivity index is 1.47. The van der Waals surface area contributed by atoms with Crippen LogP contribution in [0.5, 0.6) is 0 Å². The highest BCUT2D eigenvalue weighted by atomic mass is 79.9. The van der Waals surface area contributed by atoms with Crippen molar-refractivity contribution in [3.05, 3.63) is 99.9 Å². The van der Waals surface area contributed by atoms with Crippen molar-refractivity contribution in [1.29, 1.82) is 0 Å². The first kappa shape index (κ1) is 19.0. The highest BCUT2D eigenvalue weighted by Gasteiger charge is 2.18. The molecule has 2 heterocycles. The number of nitrogens with zero attached hydrogens (tertiary/aromatic N) is 3. The molecule has 0 atom stereocenters. The Kier molecular flexibility index (Phi) is 5.48. The summed E-state index contributed by atoms with van der Waals surface area (Å²) in [7, 11) is 0. The fourth-order valence-electron chi connectivity index (χ4n) is 3.08. The number of hydrogen-bond donors (Lipinski definition) is 1. The van der Waals surface area contributed by atoms with Gasteiger partial charge in [0.2, 0.25) is 0 Å². The number of ketones is 1. The molecule has 0 fully saturated rings. The Morgan fingerprint density at radius 3 is 2.41 bits per heavy atom. The fraction of sp³-hybridized carbons (Fsp3) is 0.0909. The molecular weight excluding hydrogens is 432 g/mol. The second-order valence-corrected chi connectivity index (χ2v) is 7.35. The summed E-state index contributed by atoms with van der Waals surface area (Å²) >= 11 is 3.36. The van der Waals surface area contributed by atoms with Gasteiger partial charge in [0.15, 0.2) is 11.4 Å². The summed E-state index contributed by atoms with van der Waals surface area (Å²) in [5, 5.41) is 11.1. The van der Waals surface area contributed by atoms with Crippen LogP contribution in [-0.4, -0.2) is 32.8 Å². The van der Waals surface area contributed by atoms with Gasteiger partial charge in [-0.1, -0.05) is 40.2 Å². The first-order valence-electron chi connectivity index (χ1n) is 9.09. The molecule has 0 saturated carbocycles. The quantitative estimate of drug-likeness (QED) is 0.456. The predicted molar refractivity (Wildman–Crippen MR) is 113 cm³/mol. The van der Waals surface area contributed by atoms with Crippen molar-refractivity contribution in [1.82, 2.24) is 19.9 Å². The number of benzene rings is 2. The van der Waals surface area contributed by atoms with Crippen LogP contribution in [-0.2, 0) is 6.42 Å². The Morgan fingerprint density at radius 1 is 0.897 bits per heavy atom. The zero-order chi connectivity index (χ0) is 20.2. The summed E-state index contributed by atoms with van der Waals surface area (Å²) in [5.41, 5.74) is 2.02. The van der Waals surface area contributed by atoms with Gasteiger partial charge in [-0.25, -0.2) is 0 Å². The van der Waals surface area contributed by atoms with E-state index in [1.54, 1.807) is 48.5 Å². The SMILES string of the molecule is O=C(NCCc1nnc2ccccn12)c1ccccc1C(=O)c1ccc(Br)cc1. The van der Waals surface area contributed by atoms with E-state index in [-0.39, 0.29) is 11.7 Å². The van der Waals surface area contributed by atoms with E-state index in [9.17, 15) is 9.59 Å². The molecule has 1 amide bonds. The van der Waals surface area contributed by atoms with Crippen LogP contribution in [0.15, 0.2) is 77.4 Å². The second-order valence-electron chi connectivity index (χ2n) is 6.43. The topological polar surface area (TPSA) is 76.4 Å². The van der Waals surface area contributed by atoms with Crippen molar-refractivity contribution in [2.45, 2.75) is 6.42 Å². The molecule has 144 valence electrons. The minimum absolute atomic E-state index is 0.188. The molecule has 2 aromatic carbocycles. The van der Waals surface area contributed by atoms with Crippen LogP contribution in [0, 0.1) is 0 Å². The van der Waals surface area contributed by atoms with E-state index in [0.717, 1.165) is 15.9 Å². The molecule has 1 N–H and O–H groups in total. The number of pyridine rings is 1. The van der Waals surface area contributed by atoms with Gasteiger partial charge < -0.3 is 5.32 Å². The van der Waals surface area contributed by atoms with Crippen LogP contribution in [0.1, 0.15) is 32.1 Å². The number of nitrogens with one attached hydrogen (secondary N) is 1. The molecule has 0 aliphatic carbocycles. The lowest BCUT2D eigenvalue weighted by molar-refractivity contribution is 0.0942. The van der Waals surface area contributed by atoms with Gasteiger partial charge in [0.1, 0.15) is 5.82 Å². The highest BCUT2D eigenvalue weighted by molar-refractivity contribution is 9.10. The van der Waals surface area contributed by atoms with E-state index in [1.165, 1.54) is 0 Å². The van der Waals surface area contributed by atoms with Gasteiger partial charge in [-0.3, -0.25) is 14.0 Å². The van der Waals surface area contributed by atoms with E-state index in [2.05, 4.69) is 31.4 Å². The van der Waals surface area contributed by atoms with Gasteiger partial charge in [0.25, 0.3) is 5.91 Å². The van der Waals surface area contributed by atoms with Gasteiger partial charge in [-0.05, 0) is 42.5 Å². The third-order valence-corrected chi connectivity index (χ3v) is 5.07. The summed E-state index contributed by atoms with van der Waals surface area (Å²) < 4.78 is 2.78. The van der Waals surface area contributed by atoms with E-state index in [1.807, 2.05) is 28.8 Å². The lowest BCUT2D eigenvalue weighted by atomic mass is 9.98. The maximum Gasteiger partial charge on any atom is 0.252 e. The van der Waals surface area contributed by atoms with Crippen molar-refractivity contribution < 1.29 is 9.59 Å². The van der Waals surface area contributed by atoms with E-state index in [4.69, 9.17) is 0 Å². The van der Waals surface area contributed by atoms with Crippen molar-refractivity contribution in [3.8, 4) is 0 Å². The van der Waals surface area contributed by atoms with Gasteiger partial charge >= 0.3 is 0 Å². The molecule has 0 unspecified atom stereocenters. The maximum atomic E-state index is 12.9. The van der Waals surface area contributed by atoms with Crippen molar-refractivity contribution in [3.63, 3.8) is 0 Å². The zero-order valence-corrected chi connectivity index (χ0v) is 17.0. The predicted octanol–water partition coefficient (Wildman–Crippen LogP) is 3.70. The van der Waals surface area contributed by atoms with Crippen molar-refractivity contribution >= 4 is 33.3 Å². The Hall–Kier alpha value is -3.32. The van der Waals surface area contributed by atoms with Crippen LogP contribution < -0.4 is 5.32 Å². The lowest BCUT2D eigenvalue weighted by Crippen LogP contribution is -2.28. The van der Waals surface area contributed by atoms with Crippen LogP contribution >= 0.6 is 15.9 Å². The maximum absolute atomic E-state index is 12.9. The van der Waals surface area contributed by atoms with Crippen LogP contribution in [0.4, 0.5) is 0 Å². The molecular formula is C22H17BrN4O2. The average molecular weight is 449 g/mol. The van der Waals surface area contributed by atoms with Gasteiger partial charge in [-0.15, -0.1) is 10.2 Å². The van der Waals surface area contributed by atoms with E-state index >= 15 is 0 Å². The van der Waals surface area contributed by atoms with Crippen LogP contribution in [0.25, 0.3) is 5.65 Å². The lowest BCUT2D eigenvalue weighted by Gasteiger charge is -2.09. The summed E-state index contributed by atoms with van der Waals surface area (Å²) in [4.78, 5) is 25.6. The molecule has 0 bridgehead atoms. The number of rotatable bonds is 6. The molecule has 4 rings (SSSR count). The molecule has 0 aliphatic rings. The third kappa shape index (κ3) is 4.09. The third-order valence-electron chi connectivity index (χ3n) is 4.54. The number of fused-ring (bicyclic) bond motifs is 1. The Bertz CT molecular complexity index is 1180. The van der Waals surface area contributed by atoms with Gasteiger partial charge in [0.05, 0.1) is 5.56 Å². The van der Waals surface area contributed by atoms with E-state index in [0.29, 0.717) is 29.7 Å². The number of halogens is 1. The van der Waals surface area contributed by atoms with Crippen LogP contribution in [0.3, 0.4) is 0 Å². The highest BCUT2D eigenvalue weighted by Crippen LogP contribution is 2.17. The largest absolute Gasteiger partial charge is 0.352 e. The first-order valence-corrected chi connectivity index (χ1v) is 9.89. The first-order chi connectivity index (χ1) is 14.1. The number of aromatic nitrogens is 3. The summed E-state index contributed by atoms with van der Waals surface area (Å²) in [6.07, 6.45) is 2.42. The number of carbonyl (C=O) groups is 2. The Labute approximate surface area is 175 Å². The van der Waals surface area contributed by atoms with Crippen molar-refractivity contribution in [2.75, 3.05) is 6.54 Å². The molecule has 7 heteroatoms. The summed E-state index contributed by atoms with van der Waals surface area (Å²) in [5.74, 6) is 0.284. The molecule has 2 aromatic heterocycles. The van der Waals surface area contributed by atoms with Crippen molar-refractivity contribution in [2.24, 2.45) is 0 Å². The monoisotopic (exact) mass is 448 g/mol. The number of amides is 1. The minimum Gasteiger partial charge on any atom is -0.352 e. The smallest absolute Gasteiger partial charge is 0.252 e. The molecule has 0 saturated heterocycles. The number of hydrogen-bond acceptors (Lipinski definition) is 4. The average Bonchev–Trinajstić information content (AvgIpc) is 3.17. The standard InChI is InChI=1S/C22H17BrN4O2/c23-16-10-8-15(9-11-16)21(28)17-5-1-2-6-18(17)22(29)24-13-12-20-26-25-19-7-3-4-14-27(19)20/h1-11,14H,12-13H2,(H,24,29). The van der Waals surface area contributed by atoms with Gasteiger partial charge in [-0.2, -0.15) is 0 Å². The molecule has 0 aliphatic heterocycles. The summed E-state index contributed by atoms with van der Waals surface area (Å²) in [6, 6.07) is 19.6. The Morgan fingerprint density at radius 2 is 1.62 bits per heavy atom. The fourth-order valence-corrected chi connectivity index (χ4v) is 3.34. The second kappa shape index (κ2) is 8.36. The number of carbonyl (C=O) groups excluding carboxylic acids is 2. The van der Waals surface area contributed by atoms with Gasteiger partial charge in [0, 0.05) is 34.8 Å². The molecule has 4 aromatic rings. The minimum atomic E-state index is -0.292. The zero-order valence-electron chi connectivity index (χ0n) is 15.4. The normalized spacial score (nSPS) is 10.8. The molecule has 29 heavy (non-hydrogen) atoms. The molecule has 0 radical (unpaired) electrons. The molecule has 0 spiro atoms. The van der Waals surface area contributed by atoms with Crippen LogP contribution in [0.2, 0.25) is 0 Å². The van der Waals surface area contributed by atoms with E-state index < -0.39 is 0 Å². The summed E-state index contributed by atoms with van der Waals surface area (Å²) in [6.45, 7) is 0.384.